The molecular formula is C15H30N2OS. The van der Waals surface area contributed by atoms with Crippen LogP contribution in [-0.4, -0.2) is 28.9 Å². The van der Waals surface area contributed by atoms with Crippen molar-refractivity contribution in [1.29, 1.82) is 0 Å². The molecule has 0 spiro atoms. The van der Waals surface area contributed by atoms with Crippen molar-refractivity contribution >= 4 is 23.1 Å². The SMILES string of the molecule is CCCCC(CC)C(=O)N(CCC(N)=S)CC(C)C. The molecular weight excluding hydrogens is 256 g/mol. The van der Waals surface area contributed by atoms with Gasteiger partial charge in [0.15, 0.2) is 0 Å². The third-order valence-electron chi connectivity index (χ3n) is 3.27. The number of unbranched alkanes of at least 4 members (excludes halogenated alkanes) is 1. The average Bonchev–Trinajstić information content (AvgIpc) is 2.34. The molecule has 0 fully saturated rings. The van der Waals surface area contributed by atoms with Gasteiger partial charge in [-0.3, -0.25) is 4.79 Å². The second kappa shape index (κ2) is 10.2. The lowest BCUT2D eigenvalue weighted by molar-refractivity contribution is -0.136. The highest BCUT2D eigenvalue weighted by molar-refractivity contribution is 7.80. The average molecular weight is 286 g/mol. The molecule has 0 saturated carbocycles. The van der Waals surface area contributed by atoms with Crippen LogP contribution < -0.4 is 5.73 Å². The van der Waals surface area contributed by atoms with E-state index in [1.165, 1.54) is 0 Å². The van der Waals surface area contributed by atoms with E-state index in [1.54, 1.807) is 0 Å². The molecule has 0 aliphatic heterocycles. The van der Waals surface area contributed by atoms with Gasteiger partial charge in [-0.1, -0.05) is 52.8 Å². The van der Waals surface area contributed by atoms with Gasteiger partial charge in [-0.05, 0) is 18.8 Å². The number of carbonyl (C=O) groups excluding carboxylic acids is 1. The van der Waals surface area contributed by atoms with Crippen molar-refractivity contribution in [3.05, 3.63) is 0 Å². The molecule has 0 heterocycles. The highest BCUT2D eigenvalue weighted by atomic mass is 32.1. The first kappa shape index (κ1) is 18.4. The maximum atomic E-state index is 12.6. The van der Waals surface area contributed by atoms with Crippen LogP contribution in [0.25, 0.3) is 0 Å². The number of nitrogens with zero attached hydrogens (tertiary/aromatic N) is 1. The summed E-state index contributed by atoms with van der Waals surface area (Å²) in [4.78, 5) is 15.0. The molecule has 0 aromatic carbocycles. The zero-order valence-corrected chi connectivity index (χ0v) is 13.8. The Kier molecular flexibility index (Phi) is 9.84. The second-order valence-corrected chi connectivity index (χ2v) is 6.17. The van der Waals surface area contributed by atoms with Crippen molar-refractivity contribution in [2.45, 2.75) is 59.8 Å². The first-order valence-electron chi connectivity index (χ1n) is 7.49. The Morgan fingerprint density at radius 2 is 1.95 bits per heavy atom. The Bertz CT molecular complexity index is 279. The van der Waals surface area contributed by atoms with E-state index < -0.39 is 0 Å². The molecule has 19 heavy (non-hydrogen) atoms. The van der Waals surface area contributed by atoms with Crippen LogP contribution in [-0.2, 0) is 4.79 Å². The summed E-state index contributed by atoms with van der Waals surface area (Å²) in [5.41, 5.74) is 5.55. The molecule has 0 rings (SSSR count). The van der Waals surface area contributed by atoms with Gasteiger partial charge in [0.1, 0.15) is 0 Å². The van der Waals surface area contributed by atoms with Gasteiger partial charge in [-0.15, -0.1) is 0 Å². The molecule has 3 nitrogen and oxygen atoms in total. The largest absolute Gasteiger partial charge is 0.393 e. The molecule has 0 saturated heterocycles. The van der Waals surface area contributed by atoms with E-state index in [-0.39, 0.29) is 11.8 Å². The van der Waals surface area contributed by atoms with Crippen LogP contribution in [0.2, 0.25) is 0 Å². The van der Waals surface area contributed by atoms with Gasteiger partial charge >= 0.3 is 0 Å². The van der Waals surface area contributed by atoms with Gasteiger partial charge in [0, 0.05) is 25.4 Å². The van der Waals surface area contributed by atoms with Crippen molar-refractivity contribution in [2.75, 3.05) is 13.1 Å². The fourth-order valence-corrected chi connectivity index (χ4v) is 2.28. The van der Waals surface area contributed by atoms with Crippen molar-refractivity contribution in [2.24, 2.45) is 17.6 Å². The normalized spacial score (nSPS) is 12.5. The molecule has 0 aliphatic rings. The third-order valence-corrected chi connectivity index (χ3v) is 3.48. The van der Waals surface area contributed by atoms with E-state index in [9.17, 15) is 4.79 Å². The van der Waals surface area contributed by atoms with Gasteiger partial charge < -0.3 is 10.6 Å². The molecule has 0 radical (unpaired) electrons. The first-order chi connectivity index (χ1) is 8.92. The minimum atomic E-state index is 0.157. The van der Waals surface area contributed by atoms with Crippen LogP contribution in [0, 0.1) is 11.8 Å². The smallest absolute Gasteiger partial charge is 0.225 e. The molecule has 0 aliphatic carbocycles. The quantitative estimate of drug-likeness (QED) is 0.626. The Hall–Kier alpha value is -0.640. The summed E-state index contributed by atoms with van der Waals surface area (Å²) in [6.07, 6.45) is 4.79. The number of carbonyl (C=O) groups is 1. The Morgan fingerprint density at radius 3 is 2.37 bits per heavy atom. The fraction of sp³-hybridized carbons (Fsp3) is 0.867. The predicted molar refractivity (Wildman–Crippen MR) is 86.1 cm³/mol. The van der Waals surface area contributed by atoms with Gasteiger partial charge in [0.2, 0.25) is 5.91 Å². The van der Waals surface area contributed by atoms with Gasteiger partial charge in [-0.2, -0.15) is 0 Å². The summed E-state index contributed by atoms with van der Waals surface area (Å²) in [7, 11) is 0. The highest BCUT2D eigenvalue weighted by Crippen LogP contribution is 2.17. The van der Waals surface area contributed by atoms with E-state index in [0.717, 1.165) is 32.2 Å². The second-order valence-electron chi connectivity index (χ2n) is 5.64. The standard InChI is InChI=1S/C15H30N2OS/c1-5-7-8-13(6-2)15(18)17(11-12(3)4)10-9-14(16)19/h12-13H,5-11H2,1-4H3,(H2,16,19). The summed E-state index contributed by atoms with van der Waals surface area (Å²) in [6, 6.07) is 0. The number of hydrogen-bond acceptors (Lipinski definition) is 2. The monoisotopic (exact) mass is 286 g/mol. The van der Waals surface area contributed by atoms with Crippen molar-refractivity contribution in [3.63, 3.8) is 0 Å². The summed E-state index contributed by atoms with van der Waals surface area (Å²) in [6.45, 7) is 9.98. The molecule has 4 heteroatoms. The number of hydrogen-bond donors (Lipinski definition) is 1. The van der Waals surface area contributed by atoms with Crippen LogP contribution in [0.5, 0.6) is 0 Å². The maximum Gasteiger partial charge on any atom is 0.225 e. The molecule has 1 atom stereocenters. The number of amides is 1. The Labute approximate surface area is 123 Å². The predicted octanol–water partition coefficient (Wildman–Crippen LogP) is 3.36. The van der Waals surface area contributed by atoms with Gasteiger partial charge in [0.25, 0.3) is 0 Å². The molecule has 0 bridgehead atoms. The van der Waals surface area contributed by atoms with Crippen LogP contribution in [0.15, 0.2) is 0 Å². The summed E-state index contributed by atoms with van der Waals surface area (Å²) in [5, 5.41) is 0. The summed E-state index contributed by atoms with van der Waals surface area (Å²) in [5.74, 6) is 0.907. The van der Waals surface area contributed by atoms with Crippen LogP contribution >= 0.6 is 12.2 Å². The molecule has 0 aromatic heterocycles. The lowest BCUT2D eigenvalue weighted by Crippen LogP contribution is -2.40. The van der Waals surface area contributed by atoms with E-state index in [0.29, 0.717) is 23.9 Å². The first-order valence-corrected chi connectivity index (χ1v) is 7.90. The zero-order valence-electron chi connectivity index (χ0n) is 12.9. The molecule has 1 unspecified atom stereocenters. The minimum Gasteiger partial charge on any atom is -0.393 e. The third kappa shape index (κ3) is 8.19. The lowest BCUT2D eigenvalue weighted by Gasteiger charge is -2.28. The summed E-state index contributed by atoms with van der Waals surface area (Å²) >= 11 is 4.92. The van der Waals surface area contributed by atoms with E-state index >= 15 is 0 Å². The maximum absolute atomic E-state index is 12.6. The molecule has 2 N–H and O–H groups in total. The minimum absolute atomic E-state index is 0.157. The van der Waals surface area contributed by atoms with E-state index in [1.807, 2.05) is 4.90 Å². The number of nitrogens with two attached hydrogens (primary N) is 1. The van der Waals surface area contributed by atoms with Crippen LogP contribution in [0.1, 0.15) is 59.8 Å². The van der Waals surface area contributed by atoms with E-state index in [2.05, 4.69) is 27.7 Å². The van der Waals surface area contributed by atoms with Crippen LogP contribution in [0.3, 0.4) is 0 Å². The Morgan fingerprint density at radius 1 is 1.32 bits per heavy atom. The topological polar surface area (TPSA) is 46.3 Å². The molecule has 0 aromatic rings. The van der Waals surface area contributed by atoms with E-state index in [4.69, 9.17) is 18.0 Å². The Balaban J connectivity index is 4.60. The summed E-state index contributed by atoms with van der Waals surface area (Å²) < 4.78 is 0. The lowest BCUT2D eigenvalue weighted by atomic mass is 9.97. The number of rotatable bonds is 10. The zero-order chi connectivity index (χ0) is 14.8. The number of thiocarbonyl (C=S) groups is 1. The van der Waals surface area contributed by atoms with Crippen molar-refractivity contribution in [3.8, 4) is 0 Å². The fourth-order valence-electron chi connectivity index (χ4n) is 2.19. The molecule has 112 valence electrons. The van der Waals surface area contributed by atoms with Crippen molar-refractivity contribution < 1.29 is 4.79 Å². The van der Waals surface area contributed by atoms with Gasteiger partial charge in [-0.25, -0.2) is 0 Å². The van der Waals surface area contributed by atoms with Gasteiger partial charge in [0.05, 0.1) is 4.99 Å². The molecule has 1 amide bonds. The van der Waals surface area contributed by atoms with Crippen LogP contribution in [0.4, 0.5) is 0 Å². The highest BCUT2D eigenvalue weighted by Gasteiger charge is 2.22. The van der Waals surface area contributed by atoms with Crippen molar-refractivity contribution in [1.82, 2.24) is 4.90 Å².